The number of esters is 1. The zero-order valence-electron chi connectivity index (χ0n) is 16.8. The van der Waals surface area contributed by atoms with Gasteiger partial charge < -0.3 is 14.6 Å². The molecule has 0 fully saturated rings. The second-order valence-corrected chi connectivity index (χ2v) is 6.77. The highest BCUT2D eigenvalue weighted by Crippen LogP contribution is 2.24. The van der Waals surface area contributed by atoms with Gasteiger partial charge >= 0.3 is 5.97 Å². The van der Waals surface area contributed by atoms with Crippen LogP contribution in [0.5, 0.6) is 0 Å². The number of para-hydroxylation sites is 3. The second kappa shape index (κ2) is 8.60. The molecule has 8 nitrogen and oxygen atoms in total. The van der Waals surface area contributed by atoms with Crippen LogP contribution >= 0.6 is 0 Å². The quantitative estimate of drug-likeness (QED) is 0.375. The molecule has 0 spiro atoms. The van der Waals surface area contributed by atoms with Crippen molar-refractivity contribution in [2.24, 2.45) is 0 Å². The van der Waals surface area contributed by atoms with E-state index in [0.29, 0.717) is 11.3 Å². The first-order valence-electron chi connectivity index (χ1n) is 9.29. The normalized spacial score (nSPS) is 11.6. The van der Waals surface area contributed by atoms with Crippen LogP contribution in [-0.2, 0) is 9.53 Å². The number of hydrogen-bond acceptors (Lipinski definition) is 5. The molecule has 1 N–H and O–H groups in total. The van der Waals surface area contributed by atoms with Gasteiger partial charge in [0.1, 0.15) is 5.69 Å². The van der Waals surface area contributed by atoms with Crippen LogP contribution in [0.1, 0.15) is 28.7 Å². The highest BCUT2D eigenvalue weighted by Gasteiger charge is 2.24. The number of hydrogen-bond donors (Lipinski definition) is 1. The summed E-state index contributed by atoms with van der Waals surface area (Å²) in [4.78, 5) is 35.6. The van der Waals surface area contributed by atoms with Gasteiger partial charge in [-0.3, -0.25) is 14.9 Å². The van der Waals surface area contributed by atoms with Crippen molar-refractivity contribution in [1.29, 1.82) is 0 Å². The highest BCUT2D eigenvalue weighted by molar-refractivity contribution is 5.99. The molecule has 0 bridgehead atoms. The molecule has 154 valence electrons. The number of anilines is 1. The Morgan fingerprint density at radius 2 is 1.70 bits per heavy atom. The fraction of sp³-hybridized carbons (Fsp3) is 0.182. The molecule has 0 saturated heterocycles. The molecule has 8 heteroatoms. The molecular weight excluding hydrogens is 386 g/mol. The molecule has 0 aliphatic carbocycles. The standard InChI is InChI=1S/C22H21N3O5/c1-14-13-18(15(2)24(14)17-9-5-4-6-10-17)22(27)30-16(3)21(26)23-19-11-7-8-12-20(19)25(28)29/h4-13,16H,1-3H3,(H,23,26). The fourth-order valence-electron chi connectivity index (χ4n) is 3.19. The van der Waals surface area contributed by atoms with Gasteiger partial charge in [0, 0.05) is 23.1 Å². The van der Waals surface area contributed by atoms with Gasteiger partial charge in [0.05, 0.1) is 10.5 Å². The molecule has 1 aromatic heterocycles. The number of carbonyl (C=O) groups excluding carboxylic acids is 2. The number of rotatable bonds is 6. The third kappa shape index (κ3) is 4.22. The SMILES string of the molecule is Cc1cc(C(=O)OC(C)C(=O)Nc2ccccc2[N+](=O)[O-])c(C)n1-c1ccccc1. The van der Waals surface area contributed by atoms with Crippen LogP contribution in [0.3, 0.4) is 0 Å². The van der Waals surface area contributed by atoms with E-state index in [1.807, 2.05) is 41.8 Å². The van der Waals surface area contributed by atoms with Gasteiger partial charge in [-0.05, 0) is 45.0 Å². The monoisotopic (exact) mass is 407 g/mol. The average Bonchev–Trinajstić information content (AvgIpc) is 3.03. The summed E-state index contributed by atoms with van der Waals surface area (Å²) in [6, 6.07) is 17.0. The lowest BCUT2D eigenvalue weighted by Crippen LogP contribution is -2.30. The van der Waals surface area contributed by atoms with Gasteiger partial charge in [0.15, 0.2) is 6.10 Å². The van der Waals surface area contributed by atoms with Crippen molar-refractivity contribution in [2.75, 3.05) is 5.32 Å². The minimum atomic E-state index is -1.14. The van der Waals surface area contributed by atoms with Crippen LogP contribution in [-0.4, -0.2) is 27.5 Å². The highest BCUT2D eigenvalue weighted by atomic mass is 16.6. The van der Waals surface area contributed by atoms with Crippen molar-refractivity contribution in [3.63, 3.8) is 0 Å². The summed E-state index contributed by atoms with van der Waals surface area (Å²) < 4.78 is 7.25. The molecule has 0 aliphatic heterocycles. The smallest absolute Gasteiger partial charge is 0.340 e. The number of amides is 1. The van der Waals surface area contributed by atoms with Gasteiger partial charge in [-0.25, -0.2) is 4.79 Å². The summed E-state index contributed by atoms with van der Waals surface area (Å²) in [6.45, 7) is 5.09. The molecule has 0 saturated carbocycles. The maximum Gasteiger partial charge on any atom is 0.340 e. The molecule has 1 atom stereocenters. The topological polar surface area (TPSA) is 103 Å². The fourth-order valence-corrected chi connectivity index (χ4v) is 3.19. The maximum absolute atomic E-state index is 12.7. The van der Waals surface area contributed by atoms with E-state index in [9.17, 15) is 19.7 Å². The van der Waals surface area contributed by atoms with Gasteiger partial charge in [0.2, 0.25) is 0 Å². The molecule has 1 amide bonds. The number of nitro groups is 1. The molecule has 0 radical (unpaired) electrons. The van der Waals surface area contributed by atoms with Crippen LogP contribution in [0.4, 0.5) is 11.4 Å². The first-order chi connectivity index (χ1) is 14.3. The maximum atomic E-state index is 12.7. The number of carbonyl (C=O) groups is 2. The molecule has 0 aliphatic rings. The van der Waals surface area contributed by atoms with Gasteiger partial charge in [0.25, 0.3) is 11.6 Å². The lowest BCUT2D eigenvalue weighted by atomic mass is 10.2. The Morgan fingerprint density at radius 3 is 2.37 bits per heavy atom. The number of nitrogens with zero attached hydrogens (tertiary/aromatic N) is 2. The first-order valence-corrected chi connectivity index (χ1v) is 9.29. The third-order valence-corrected chi connectivity index (χ3v) is 4.68. The van der Waals surface area contributed by atoms with Crippen molar-refractivity contribution >= 4 is 23.3 Å². The van der Waals surface area contributed by atoms with E-state index in [-0.39, 0.29) is 11.4 Å². The van der Waals surface area contributed by atoms with E-state index < -0.39 is 22.9 Å². The van der Waals surface area contributed by atoms with E-state index in [2.05, 4.69) is 5.32 Å². The Kier molecular flexibility index (Phi) is 5.96. The Morgan fingerprint density at radius 1 is 1.07 bits per heavy atom. The zero-order chi connectivity index (χ0) is 21.8. The number of aromatic nitrogens is 1. The van der Waals surface area contributed by atoms with E-state index in [1.165, 1.54) is 25.1 Å². The van der Waals surface area contributed by atoms with Crippen molar-refractivity contribution in [1.82, 2.24) is 4.57 Å². The van der Waals surface area contributed by atoms with Crippen molar-refractivity contribution in [3.8, 4) is 5.69 Å². The molecule has 3 rings (SSSR count). The van der Waals surface area contributed by atoms with Crippen LogP contribution < -0.4 is 5.32 Å². The second-order valence-electron chi connectivity index (χ2n) is 6.77. The number of nitrogens with one attached hydrogen (secondary N) is 1. The summed E-state index contributed by atoms with van der Waals surface area (Å²) in [5.74, 6) is -1.30. The Labute approximate surface area is 173 Å². The molecule has 1 unspecified atom stereocenters. The van der Waals surface area contributed by atoms with Crippen LogP contribution in [0.15, 0.2) is 60.7 Å². The first kappa shape index (κ1) is 20.8. The van der Waals surface area contributed by atoms with Crippen molar-refractivity contribution in [3.05, 3.63) is 87.7 Å². The van der Waals surface area contributed by atoms with Gasteiger partial charge in [-0.2, -0.15) is 0 Å². The number of aryl methyl sites for hydroxylation is 1. The zero-order valence-corrected chi connectivity index (χ0v) is 16.8. The van der Waals surface area contributed by atoms with E-state index in [4.69, 9.17) is 4.74 Å². The Bertz CT molecular complexity index is 1110. The van der Waals surface area contributed by atoms with E-state index >= 15 is 0 Å². The third-order valence-electron chi connectivity index (χ3n) is 4.68. The lowest BCUT2D eigenvalue weighted by molar-refractivity contribution is -0.383. The molecule has 2 aromatic carbocycles. The minimum Gasteiger partial charge on any atom is -0.449 e. The Hall–Kier alpha value is -3.94. The summed E-state index contributed by atoms with van der Waals surface area (Å²) >= 11 is 0. The van der Waals surface area contributed by atoms with E-state index in [0.717, 1.165) is 11.4 Å². The number of ether oxygens (including phenoxy) is 1. The summed E-state index contributed by atoms with van der Waals surface area (Å²) in [6.07, 6.45) is -1.14. The predicted molar refractivity (Wildman–Crippen MR) is 112 cm³/mol. The van der Waals surface area contributed by atoms with Crippen LogP contribution in [0.25, 0.3) is 5.69 Å². The van der Waals surface area contributed by atoms with Crippen LogP contribution in [0.2, 0.25) is 0 Å². The summed E-state index contributed by atoms with van der Waals surface area (Å²) in [5, 5.41) is 13.5. The van der Waals surface area contributed by atoms with Gasteiger partial charge in [-0.15, -0.1) is 0 Å². The molecule has 3 aromatic rings. The lowest BCUT2D eigenvalue weighted by Gasteiger charge is -2.14. The number of benzene rings is 2. The largest absolute Gasteiger partial charge is 0.449 e. The van der Waals surface area contributed by atoms with Crippen molar-refractivity contribution < 1.29 is 19.2 Å². The molecular formula is C22H21N3O5. The van der Waals surface area contributed by atoms with Gasteiger partial charge in [-0.1, -0.05) is 30.3 Å². The van der Waals surface area contributed by atoms with E-state index in [1.54, 1.807) is 19.1 Å². The number of nitro benzene ring substituents is 1. The molecule has 1 heterocycles. The minimum absolute atomic E-state index is 0.0395. The molecule has 30 heavy (non-hydrogen) atoms. The summed E-state index contributed by atoms with van der Waals surface area (Å²) in [7, 11) is 0. The Balaban J connectivity index is 1.75. The van der Waals surface area contributed by atoms with Crippen LogP contribution in [0, 0.1) is 24.0 Å². The predicted octanol–water partition coefficient (Wildman–Crippen LogP) is 4.19. The van der Waals surface area contributed by atoms with Crippen molar-refractivity contribution in [2.45, 2.75) is 26.9 Å². The average molecular weight is 407 g/mol. The summed E-state index contributed by atoms with van der Waals surface area (Å²) in [5.41, 5.74) is 2.60.